The van der Waals surface area contributed by atoms with Gasteiger partial charge in [0.1, 0.15) is 5.76 Å². The van der Waals surface area contributed by atoms with Crippen molar-refractivity contribution in [3.05, 3.63) is 40.1 Å². The third-order valence-electron chi connectivity index (χ3n) is 5.05. The van der Waals surface area contributed by atoms with E-state index < -0.39 is 0 Å². The van der Waals surface area contributed by atoms with Crippen LogP contribution in [0.25, 0.3) is 5.57 Å². The van der Waals surface area contributed by atoms with Crippen molar-refractivity contribution in [2.24, 2.45) is 0 Å². The number of likely N-dealkylation sites (N-methyl/N-ethyl adjacent to an activating group) is 1. The van der Waals surface area contributed by atoms with Crippen LogP contribution in [0.5, 0.6) is 0 Å². The van der Waals surface area contributed by atoms with Gasteiger partial charge in [-0.05, 0) is 69.8 Å². The fourth-order valence-corrected chi connectivity index (χ4v) is 4.01. The van der Waals surface area contributed by atoms with Crippen molar-refractivity contribution in [3.8, 4) is 0 Å². The molecule has 1 aromatic carbocycles. The summed E-state index contributed by atoms with van der Waals surface area (Å²) in [5.74, 6) is 0.541. The normalized spacial score (nSPS) is 19.3. The first-order valence-corrected chi connectivity index (χ1v) is 8.09. The van der Waals surface area contributed by atoms with Crippen LogP contribution in [-0.2, 0) is 0 Å². The number of aryl methyl sites for hydroxylation is 3. The molecule has 0 saturated heterocycles. The van der Waals surface area contributed by atoms with Crippen LogP contribution in [0.4, 0.5) is 0 Å². The first kappa shape index (κ1) is 16.1. The SMILES string of the molecule is CNC1(/C(O)=C(\C)c2c(C)cc(C)cc2C)CCCCC1. The molecule has 1 aromatic rings. The van der Waals surface area contributed by atoms with Crippen LogP contribution >= 0.6 is 0 Å². The third-order valence-corrected chi connectivity index (χ3v) is 5.05. The Morgan fingerprint density at radius 1 is 1.05 bits per heavy atom. The van der Waals surface area contributed by atoms with Crippen molar-refractivity contribution in [3.63, 3.8) is 0 Å². The molecule has 0 bridgehead atoms. The van der Waals surface area contributed by atoms with Crippen molar-refractivity contribution in [1.29, 1.82) is 0 Å². The van der Waals surface area contributed by atoms with Gasteiger partial charge < -0.3 is 10.4 Å². The molecule has 0 aromatic heterocycles. The van der Waals surface area contributed by atoms with Crippen molar-refractivity contribution in [2.75, 3.05) is 7.05 Å². The second-order valence-corrected chi connectivity index (χ2v) is 6.64. The van der Waals surface area contributed by atoms with Gasteiger partial charge in [0.15, 0.2) is 0 Å². The highest BCUT2D eigenvalue weighted by Crippen LogP contribution is 2.37. The van der Waals surface area contributed by atoms with Gasteiger partial charge in [0, 0.05) is 0 Å². The zero-order valence-electron chi connectivity index (χ0n) is 14.1. The Kier molecular flexibility index (Phi) is 4.77. The summed E-state index contributed by atoms with van der Waals surface area (Å²) in [5.41, 5.74) is 5.78. The summed E-state index contributed by atoms with van der Waals surface area (Å²) in [7, 11) is 1.98. The molecule has 21 heavy (non-hydrogen) atoms. The standard InChI is InChI=1S/C19H29NO/c1-13-11-14(2)17(15(3)12-13)16(4)18(21)19(20-5)9-7-6-8-10-19/h11-12,20-21H,6-10H2,1-5H3/b18-16-. The molecule has 116 valence electrons. The van der Waals surface area contributed by atoms with Gasteiger partial charge in [-0.2, -0.15) is 0 Å². The monoisotopic (exact) mass is 287 g/mol. The largest absolute Gasteiger partial charge is 0.510 e. The highest BCUT2D eigenvalue weighted by molar-refractivity contribution is 5.72. The molecule has 2 rings (SSSR count). The summed E-state index contributed by atoms with van der Waals surface area (Å²) < 4.78 is 0. The van der Waals surface area contributed by atoms with E-state index in [1.165, 1.54) is 41.5 Å². The maximum absolute atomic E-state index is 11.0. The number of hydrogen-bond donors (Lipinski definition) is 2. The Morgan fingerprint density at radius 3 is 2.05 bits per heavy atom. The van der Waals surface area contributed by atoms with Gasteiger partial charge in [-0.1, -0.05) is 37.0 Å². The predicted molar refractivity (Wildman–Crippen MR) is 90.8 cm³/mol. The molecule has 0 heterocycles. The summed E-state index contributed by atoms with van der Waals surface area (Å²) in [6, 6.07) is 4.40. The van der Waals surface area contributed by atoms with Crippen molar-refractivity contribution >= 4 is 5.57 Å². The van der Waals surface area contributed by atoms with E-state index in [2.05, 4.69) is 45.1 Å². The van der Waals surface area contributed by atoms with Crippen LogP contribution < -0.4 is 5.32 Å². The van der Waals surface area contributed by atoms with E-state index in [0.717, 1.165) is 18.4 Å². The Labute approximate surface area is 129 Å². The van der Waals surface area contributed by atoms with Crippen LogP contribution in [0.2, 0.25) is 0 Å². The Morgan fingerprint density at radius 2 is 1.57 bits per heavy atom. The van der Waals surface area contributed by atoms with Crippen LogP contribution in [0.1, 0.15) is 61.3 Å². The van der Waals surface area contributed by atoms with E-state index in [9.17, 15) is 5.11 Å². The third kappa shape index (κ3) is 3.01. The van der Waals surface area contributed by atoms with Gasteiger partial charge >= 0.3 is 0 Å². The summed E-state index contributed by atoms with van der Waals surface area (Å²) in [6.45, 7) is 8.46. The lowest BCUT2D eigenvalue weighted by Crippen LogP contribution is -2.46. The predicted octanol–water partition coefficient (Wildman–Crippen LogP) is 4.82. The van der Waals surface area contributed by atoms with E-state index in [1.807, 2.05) is 7.05 Å². The summed E-state index contributed by atoms with van der Waals surface area (Å²) >= 11 is 0. The van der Waals surface area contributed by atoms with Crippen LogP contribution in [0.15, 0.2) is 17.9 Å². The fraction of sp³-hybridized carbons (Fsp3) is 0.579. The van der Waals surface area contributed by atoms with Gasteiger partial charge in [-0.25, -0.2) is 0 Å². The number of hydrogen-bond acceptors (Lipinski definition) is 2. The zero-order chi connectivity index (χ0) is 15.6. The van der Waals surface area contributed by atoms with E-state index >= 15 is 0 Å². The molecule has 1 saturated carbocycles. The Hall–Kier alpha value is -1.28. The Bertz CT molecular complexity index is 528. The van der Waals surface area contributed by atoms with Crippen molar-refractivity contribution in [2.45, 2.75) is 65.3 Å². The summed E-state index contributed by atoms with van der Waals surface area (Å²) in [6.07, 6.45) is 5.69. The molecular weight excluding hydrogens is 258 g/mol. The number of benzene rings is 1. The first-order valence-electron chi connectivity index (χ1n) is 8.09. The molecule has 0 atom stereocenters. The van der Waals surface area contributed by atoms with Gasteiger partial charge in [0.05, 0.1) is 5.54 Å². The Balaban J connectivity index is 2.52. The lowest BCUT2D eigenvalue weighted by atomic mass is 9.77. The van der Waals surface area contributed by atoms with Crippen LogP contribution in [0.3, 0.4) is 0 Å². The minimum absolute atomic E-state index is 0.230. The molecule has 0 spiro atoms. The van der Waals surface area contributed by atoms with Gasteiger partial charge in [0.25, 0.3) is 0 Å². The lowest BCUT2D eigenvalue weighted by Gasteiger charge is -2.37. The first-order chi connectivity index (χ1) is 9.91. The molecule has 0 aliphatic heterocycles. The maximum atomic E-state index is 11.0. The second-order valence-electron chi connectivity index (χ2n) is 6.64. The smallest absolute Gasteiger partial charge is 0.116 e. The fourth-order valence-electron chi connectivity index (χ4n) is 4.01. The van der Waals surface area contributed by atoms with E-state index in [-0.39, 0.29) is 5.54 Å². The molecule has 1 aliphatic carbocycles. The average molecular weight is 287 g/mol. The lowest BCUT2D eigenvalue weighted by molar-refractivity contribution is 0.204. The van der Waals surface area contributed by atoms with Crippen LogP contribution in [0, 0.1) is 20.8 Å². The van der Waals surface area contributed by atoms with Gasteiger partial charge in [-0.3, -0.25) is 0 Å². The molecule has 0 radical (unpaired) electrons. The number of rotatable bonds is 3. The number of aliphatic hydroxyl groups excluding tert-OH is 1. The second kappa shape index (κ2) is 6.23. The molecule has 0 amide bonds. The number of allylic oxidation sites excluding steroid dienone is 1. The van der Waals surface area contributed by atoms with Gasteiger partial charge in [-0.15, -0.1) is 0 Å². The summed E-state index contributed by atoms with van der Waals surface area (Å²) in [4.78, 5) is 0. The molecule has 0 unspecified atom stereocenters. The average Bonchev–Trinajstić information content (AvgIpc) is 2.46. The quantitative estimate of drug-likeness (QED) is 0.781. The summed E-state index contributed by atoms with van der Waals surface area (Å²) in [5, 5.41) is 14.4. The van der Waals surface area contributed by atoms with Crippen molar-refractivity contribution in [1.82, 2.24) is 5.32 Å². The topological polar surface area (TPSA) is 32.3 Å². The minimum Gasteiger partial charge on any atom is -0.510 e. The number of nitrogens with one attached hydrogen (secondary N) is 1. The molecule has 2 nitrogen and oxygen atoms in total. The van der Waals surface area contributed by atoms with Gasteiger partial charge in [0.2, 0.25) is 0 Å². The number of aliphatic hydroxyl groups is 1. The van der Waals surface area contributed by atoms with Crippen LogP contribution in [-0.4, -0.2) is 17.7 Å². The van der Waals surface area contributed by atoms with Crippen molar-refractivity contribution < 1.29 is 5.11 Å². The molecule has 2 heteroatoms. The highest BCUT2D eigenvalue weighted by Gasteiger charge is 2.36. The maximum Gasteiger partial charge on any atom is 0.116 e. The minimum atomic E-state index is -0.230. The molecule has 1 fully saturated rings. The molecular formula is C19H29NO. The highest BCUT2D eigenvalue weighted by atomic mass is 16.3. The van der Waals surface area contributed by atoms with E-state index in [0.29, 0.717) is 5.76 Å². The van der Waals surface area contributed by atoms with E-state index in [4.69, 9.17) is 0 Å². The molecule has 2 N–H and O–H groups in total. The van der Waals surface area contributed by atoms with E-state index in [1.54, 1.807) is 0 Å². The zero-order valence-corrected chi connectivity index (χ0v) is 14.1. The molecule has 1 aliphatic rings.